The Kier molecular flexibility index (Phi) is 7.38. The number of aromatic amines is 1. The number of aromatic nitrogens is 3. The smallest absolute Gasteiger partial charge is 0.490 e. The molecule has 3 N–H and O–H groups in total. The summed E-state index contributed by atoms with van der Waals surface area (Å²) in [7, 11) is 3.31. The highest BCUT2D eigenvalue weighted by atomic mass is 19.4. The molecule has 0 radical (unpaired) electrons. The van der Waals surface area contributed by atoms with E-state index in [1.54, 1.807) is 32.5 Å². The van der Waals surface area contributed by atoms with E-state index in [2.05, 4.69) is 22.3 Å². The van der Waals surface area contributed by atoms with Gasteiger partial charge in [-0.25, -0.2) is 9.78 Å². The van der Waals surface area contributed by atoms with E-state index in [1.807, 2.05) is 36.4 Å². The third-order valence-corrected chi connectivity index (χ3v) is 5.75. The molecule has 0 aliphatic heterocycles. The summed E-state index contributed by atoms with van der Waals surface area (Å²) in [5.74, 6) is -1.14. The van der Waals surface area contributed by atoms with Crippen LogP contribution in [-0.2, 0) is 11.2 Å². The van der Waals surface area contributed by atoms with E-state index in [-0.39, 0.29) is 5.75 Å². The molecular formula is C27H22F3N3O5. The number of aromatic hydroxyl groups is 1. The Morgan fingerprint density at radius 3 is 2.18 bits per heavy atom. The SMILES string of the molecule is COc1cc(OC)c2c(-c3ccc(O)cc3)nc3[nH]ncc3c2c1Cc1ccccc1.O=C(O)C(F)(F)F. The number of ether oxygens (including phenoxy) is 2. The Bertz CT molecular complexity index is 1580. The minimum atomic E-state index is -5.08. The summed E-state index contributed by atoms with van der Waals surface area (Å²) < 4.78 is 43.3. The van der Waals surface area contributed by atoms with Crippen LogP contribution in [0.1, 0.15) is 11.1 Å². The molecule has 3 aromatic carbocycles. The highest BCUT2D eigenvalue weighted by Crippen LogP contribution is 2.44. The Hall–Kier alpha value is -4.80. The lowest BCUT2D eigenvalue weighted by Crippen LogP contribution is -2.21. The van der Waals surface area contributed by atoms with Crippen molar-refractivity contribution in [2.45, 2.75) is 12.6 Å². The van der Waals surface area contributed by atoms with E-state index >= 15 is 0 Å². The van der Waals surface area contributed by atoms with Crippen LogP contribution in [0.3, 0.4) is 0 Å². The molecule has 0 amide bonds. The van der Waals surface area contributed by atoms with Crippen LogP contribution in [0.5, 0.6) is 17.2 Å². The van der Waals surface area contributed by atoms with E-state index in [4.69, 9.17) is 24.4 Å². The van der Waals surface area contributed by atoms with Crippen molar-refractivity contribution >= 4 is 27.8 Å². The zero-order valence-corrected chi connectivity index (χ0v) is 20.2. The zero-order chi connectivity index (χ0) is 27.4. The lowest BCUT2D eigenvalue weighted by Gasteiger charge is -2.18. The van der Waals surface area contributed by atoms with Gasteiger partial charge in [-0.05, 0) is 29.8 Å². The third-order valence-electron chi connectivity index (χ3n) is 5.75. The molecule has 0 aliphatic carbocycles. The number of phenolic OH excluding ortho intramolecular Hbond substituents is 1. The van der Waals surface area contributed by atoms with Crippen LogP contribution in [0, 0.1) is 0 Å². The third kappa shape index (κ3) is 5.31. The lowest BCUT2D eigenvalue weighted by atomic mass is 9.93. The number of carbonyl (C=O) groups is 1. The van der Waals surface area contributed by atoms with Crippen LogP contribution in [0.25, 0.3) is 33.1 Å². The molecule has 38 heavy (non-hydrogen) atoms. The number of halogens is 3. The summed E-state index contributed by atoms with van der Waals surface area (Å²) in [6.07, 6.45) is -2.61. The summed E-state index contributed by atoms with van der Waals surface area (Å²) >= 11 is 0. The van der Waals surface area contributed by atoms with Crippen molar-refractivity contribution in [2.75, 3.05) is 14.2 Å². The van der Waals surface area contributed by atoms with Crippen LogP contribution in [0.15, 0.2) is 66.9 Å². The number of carboxylic acids is 1. The van der Waals surface area contributed by atoms with Gasteiger partial charge in [0.15, 0.2) is 5.65 Å². The predicted molar refractivity (Wildman–Crippen MR) is 135 cm³/mol. The number of nitrogens with zero attached hydrogens (tertiary/aromatic N) is 2. The number of phenols is 1. The van der Waals surface area contributed by atoms with Gasteiger partial charge in [-0.2, -0.15) is 18.3 Å². The maximum Gasteiger partial charge on any atom is 0.490 e. The first-order chi connectivity index (χ1) is 18.1. The van der Waals surface area contributed by atoms with Gasteiger partial charge >= 0.3 is 12.1 Å². The van der Waals surface area contributed by atoms with E-state index in [1.165, 1.54) is 5.56 Å². The number of benzene rings is 3. The number of aliphatic carboxylic acids is 1. The quantitative estimate of drug-likeness (QED) is 0.268. The normalized spacial score (nSPS) is 11.2. The van der Waals surface area contributed by atoms with Gasteiger partial charge in [0.2, 0.25) is 0 Å². The van der Waals surface area contributed by atoms with Crippen molar-refractivity contribution in [2.24, 2.45) is 0 Å². The monoisotopic (exact) mass is 525 g/mol. The summed E-state index contributed by atoms with van der Waals surface area (Å²) in [5.41, 5.74) is 4.51. The molecule has 0 unspecified atom stereocenters. The molecule has 8 nitrogen and oxygen atoms in total. The highest BCUT2D eigenvalue weighted by molar-refractivity contribution is 6.14. The minimum Gasteiger partial charge on any atom is -0.508 e. The van der Waals surface area contributed by atoms with Crippen LogP contribution in [-0.4, -0.2) is 51.8 Å². The second kappa shape index (κ2) is 10.7. The van der Waals surface area contributed by atoms with Crippen LogP contribution < -0.4 is 9.47 Å². The second-order valence-corrected chi connectivity index (χ2v) is 8.11. The van der Waals surface area contributed by atoms with E-state index in [0.717, 1.165) is 38.7 Å². The standard InChI is InChI=1S/C25H21N3O3.C2HF3O2/c1-30-20-13-21(31-2)23-22(18(20)12-15-6-4-3-5-7-15)19-14-26-28-25(19)27-24(23)16-8-10-17(29)11-9-16;3-2(4,5)1(6)7/h3-11,13-14,29H,12H2,1-2H3,(H,26,27,28);(H,6,7). The summed E-state index contributed by atoms with van der Waals surface area (Å²) in [5, 5.41) is 26.9. The minimum absolute atomic E-state index is 0.203. The number of nitrogens with one attached hydrogen (secondary N) is 1. The summed E-state index contributed by atoms with van der Waals surface area (Å²) in [6, 6.07) is 19.2. The molecule has 5 rings (SSSR count). The van der Waals surface area contributed by atoms with Crippen molar-refractivity contribution in [1.82, 2.24) is 15.2 Å². The maximum atomic E-state index is 10.6. The number of alkyl halides is 3. The van der Waals surface area contributed by atoms with Crippen molar-refractivity contribution in [3.63, 3.8) is 0 Å². The topological polar surface area (TPSA) is 118 Å². The number of H-pyrrole nitrogens is 1. The average molecular weight is 525 g/mol. The number of fused-ring (bicyclic) bond motifs is 3. The molecule has 2 heterocycles. The van der Waals surface area contributed by atoms with E-state index in [9.17, 15) is 18.3 Å². The second-order valence-electron chi connectivity index (χ2n) is 8.11. The summed E-state index contributed by atoms with van der Waals surface area (Å²) in [6.45, 7) is 0. The molecule has 5 aromatic rings. The molecule has 0 spiro atoms. The Morgan fingerprint density at radius 1 is 0.974 bits per heavy atom. The Balaban J connectivity index is 0.000000426. The van der Waals surface area contributed by atoms with Gasteiger partial charge in [-0.3, -0.25) is 5.10 Å². The molecule has 0 saturated heterocycles. The van der Waals surface area contributed by atoms with Gasteiger partial charge in [-0.1, -0.05) is 30.3 Å². The predicted octanol–water partition coefficient (Wildman–Crippen LogP) is 5.73. The van der Waals surface area contributed by atoms with E-state index in [0.29, 0.717) is 17.8 Å². The number of hydrogen-bond acceptors (Lipinski definition) is 6. The van der Waals surface area contributed by atoms with Crippen molar-refractivity contribution in [3.8, 4) is 28.5 Å². The number of hydrogen-bond donors (Lipinski definition) is 3. The molecule has 0 bridgehead atoms. The Labute approximate surface area is 214 Å². The first-order valence-corrected chi connectivity index (χ1v) is 11.2. The van der Waals surface area contributed by atoms with Gasteiger partial charge in [0.05, 0.1) is 31.5 Å². The highest BCUT2D eigenvalue weighted by Gasteiger charge is 2.38. The van der Waals surface area contributed by atoms with Gasteiger partial charge < -0.3 is 19.7 Å². The Morgan fingerprint density at radius 2 is 1.61 bits per heavy atom. The van der Waals surface area contributed by atoms with E-state index < -0.39 is 12.1 Å². The molecule has 0 aliphatic rings. The molecule has 0 atom stereocenters. The number of pyridine rings is 1. The molecule has 196 valence electrons. The fraction of sp³-hybridized carbons (Fsp3) is 0.148. The largest absolute Gasteiger partial charge is 0.508 e. The van der Waals surface area contributed by atoms with Gasteiger partial charge in [0, 0.05) is 34.4 Å². The van der Waals surface area contributed by atoms with Crippen molar-refractivity contribution in [3.05, 3.63) is 78.0 Å². The zero-order valence-electron chi connectivity index (χ0n) is 20.2. The number of rotatable bonds is 5. The van der Waals surface area contributed by atoms with Crippen molar-refractivity contribution < 1.29 is 37.7 Å². The number of methoxy groups -OCH3 is 2. The molecule has 0 saturated carbocycles. The molecule has 11 heteroatoms. The first kappa shape index (κ1) is 26.3. The van der Waals surface area contributed by atoms with Crippen LogP contribution in [0.4, 0.5) is 13.2 Å². The lowest BCUT2D eigenvalue weighted by molar-refractivity contribution is -0.192. The van der Waals surface area contributed by atoms with Gasteiger partial charge in [-0.15, -0.1) is 0 Å². The molecule has 0 fully saturated rings. The fourth-order valence-electron chi connectivity index (χ4n) is 4.07. The van der Waals surface area contributed by atoms with Gasteiger partial charge in [0.1, 0.15) is 17.2 Å². The fourth-order valence-corrected chi connectivity index (χ4v) is 4.07. The van der Waals surface area contributed by atoms with Crippen LogP contribution >= 0.6 is 0 Å². The summed E-state index contributed by atoms with van der Waals surface area (Å²) in [4.78, 5) is 13.8. The van der Waals surface area contributed by atoms with Gasteiger partial charge in [0.25, 0.3) is 0 Å². The van der Waals surface area contributed by atoms with Crippen molar-refractivity contribution in [1.29, 1.82) is 0 Å². The number of carboxylic acid groups (broad SMARTS) is 1. The maximum absolute atomic E-state index is 10.6. The average Bonchev–Trinajstić information content (AvgIpc) is 3.38. The molecule has 2 aromatic heterocycles. The first-order valence-electron chi connectivity index (χ1n) is 11.2. The molecular weight excluding hydrogens is 503 g/mol. The van der Waals surface area contributed by atoms with Crippen LogP contribution in [0.2, 0.25) is 0 Å².